The molecule has 4 nitrogen and oxygen atoms in total. The molecule has 0 N–H and O–H groups in total. The summed E-state index contributed by atoms with van der Waals surface area (Å²) >= 11 is 3.33. The normalized spacial score (nSPS) is 10.8. The molecule has 0 atom stereocenters. The molecule has 2 rings (SSSR count). The van der Waals surface area contributed by atoms with Crippen molar-refractivity contribution in [3.63, 3.8) is 0 Å². The zero-order chi connectivity index (χ0) is 12.4. The molecule has 2 aromatic rings. The van der Waals surface area contributed by atoms with Crippen LogP contribution in [0.3, 0.4) is 0 Å². The van der Waals surface area contributed by atoms with Crippen LogP contribution in [0.4, 0.5) is 0 Å². The van der Waals surface area contributed by atoms with Crippen molar-refractivity contribution in [1.29, 1.82) is 0 Å². The molecule has 0 bridgehead atoms. The number of nitrogens with zero attached hydrogens (tertiary/aromatic N) is 1. The van der Waals surface area contributed by atoms with Crippen LogP contribution in [0.2, 0.25) is 0 Å². The monoisotopic (exact) mass is 297 g/mol. The van der Waals surface area contributed by atoms with E-state index in [0.29, 0.717) is 22.6 Å². The largest absolute Gasteiger partial charge is 0.465 e. The van der Waals surface area contributed by atoms with Crippen LogP contribution in [0.1, 0.15) is 29.6 Å². The van der Waals surface area contributed by atoms with E-state index in [2.05, 4.69) is 20.9 Å². The number of ether oxygens (including phenoxy) is 1. The second-order valence-corrected chi connectivity index (χ2v) is 4.56. The van der Waals surface area contributed by atoms with Crippen molar-refractivity contribution in [2.75, 3.05) is 7.11 Å². The number of oxazole rings is 1. The van der Waals surface area contributed by atoms with Gasteiger partial charge in [-0.05, 0) is 18.6 Å². The van der Waals surface area contributed by atoms with Crippen LogP contribution in [0.15, 0.2) is 21.0 Å². The zero-order valence-corrected chi connectivity index (χ0v) is 11.2. The van der Waals surface area contributed by atoms with Crippen LogP contribution in [-0.4, -0.2) is 18.1 Å². The molecule has 0 aliphatic rings. The van der Waals surface area contributed by atoms with E-state index in [1.54, 1.807) is 12.1 Å². The lowest BCUT2D eigenvalue weighted by Crippen LogP contribution is -2.02. The summed E-state index contributed by atoms with van der Waals surface area (Å²) in [4.78, 5) is 15.9. The highest BCUT2D eigenvalue weighted by atomic mass is 79.9. The quantitative estimate of drug-likeness (QED) is 0.816. The third-order valence-electron chi connectivity index (χ3n) is 2.37. The van der Waals surface area contributed by atoms with E-state index in [1.165, 1.54) is 7.11 Å². The zero-order valence-electron chi connectivity index (χ0n) is 9.62. The summed E-state index contributed by atoms with van der Waals surface area (Å²) < 4.78 is 11.1. The highest BCUT2D eigenvalue weighted by Gasteiger charge is 2.16. The second kappa shape index (κ2) is 4.87. The van der Waals surface area contributed by atoms with E-state index >= 15 is 0 Å². The average Bonchev–Trinajstić information content (AvgIpc) is 2.69. The third-order valence-corrected chi connectivity index (χ3v) is 2.83. The van der Waals surface area contributed by atoms with Crippen molar-refractivity contribution in [2.45, 2.75) is 19.8 Å². The molecule has 5 heteroatoms. The molecular formula is C12H12BrNO3. The number of carbonyl (C=O) groups excluding carboxylic acids is 1. The molecule has 0 fully saturated rings. The molecule has 1 heterocycles. The van der Waals surface area contributed by atoms with Gasteiger partial charge in [-0.25, -0.2) is 9.78 Å². The number of esters is 1. The Morgan fingerprint density at radius 3 is 2.94 bits per heavy atom. The number of fused-ring (bicyclic) bond motifs is 1. The van der Waals surface area contributed by atoms with Gasteiger partial charge in [0.05, 0.1) is 12.7 Å². The molecule has 0 saturated heterocycles. The maximum Gasteiger partial charge on any atom is 0.340 e. The van der Waals surface area contributed by atoms with E-state index in [1.807, 2.05) is 6.92 Å². The van der Waals surface area contributed by atoms with Crippen molar-refractivity contribution >= 4 is 33.0 Å². The molecule has 17 heavy (non-hydrogen) atoms. The van der Waals surface area contributed by atoms with Gasteiger partial charge in [0.1, 0.15) is 5.52 Å². The van der Waals surface area contributed by atoms with Crippen molar-refractivity contribution in [3.05, 3.63) is 28.1 Å². The number of methoxy groups -OCH3 is 1. The van der Waals surface area contributed by atoms with E-state index in [0.717, 1.165) is 17.3 Å². The highest BCUT2D eigenvalue weighted by Crippen LogP contribution is 2.25. The summed E-state index contributed by atoms with van der Waals surface area (Å²) in [6.07, 6.45) is 1.70. The standard InChI is InChI=1S/C12H12BrNO3/c1-3-4-10-14-11-8(12(15)16-2)5-7(13)6-9(11)17-10/h5-6H,3-4H2,1-2H3. The van der Waals surface area contributed by atoms with Gasteiger partial charge in [0.2, 0.25) is 0 Å². The fraction of sp³-hybridized carbons (Fsp3) is 0.333. The topological polar surface area (TPSA) is 52.3 Å². The fourth-order valence-corrected chi connectivity index (χ4v) is 2.06. The van der Waals surface area contributed by atoms with Crippen LogP contribution in [0.25, 0.3) is 11.1 Å². The van der Waals surface area contributed by atoms with Gasteiger partial charge in [0, 0.05) is 10.9 Å². The molecule has 1 aromatic carbocycles. The first-order chi connectivity index (χ1) is 8.15. The first kappa shape index (κ1) is 12.1. The van der Waals surface area contributed by atoms with Crippen molar-refractivity contribution in [1.82, 2.24) is 4.98 Å². The smallest absolute Gasteiger partial charge is 0.340 e. The van der Waals surface area contributed by atoms with Crippen LogP contribution in [-0.2, 0) is 11.2 Å². The Bertz CT molecular complexity index is 562. The Morgan fingerprint density at radius 2 is 2.29 bits per heavy atom. The predicted octanol–water partition coefficient (Wildman–Crippen LogP) is 3.33. The van der Waals surface area contributed by atoms with Crippen molar-refractivity contribution in [2.24, 2.45) is 0 Å². The number of rotatable bonds is 3. The van der Waals surface area contributed by atoms with Crippen LogP contribution >= 0.6 is 15.9 Å². The minimum atomic E-state index is -0.410. The summed E-state index contributed by atoms with van der Waals surface area (Å²) in [5.41, 5.74) is 1.58. The summed E-state index contributed by atoms with van der Waals surface area (Å²) in [6.45, 7) is 2.05. The molecule has 0 saturated carbocycles. The molecular weight excluding hydrogens is 286 g/mol. The van der Waals surface area contributed by atoms with Gasteiger partial charge in [-0.1, -0.05) is 22.9 Å². The molecule has 0 spiro atoms. The molecule has 0 unspecified atom stereocenters. The number of benzene rings is 1. The van der Waals surface area contributed by atoms with Gasteiger partial charge < -0.3 is 9.15 Å². The van der Waals surface area contributed by atoms with E-state index < -0.39 is 5.97 Å². The molecule has 0 aliphatic carbocycles. The second-order valence-electron chi connectivity index (χ2n) is 3.65. The lowest BCUT2D eigenvalue weighted by Gasteiger charge is -1.99. The maximum absolute atomic E-state index is 11.6. The Balaban J connectivity index is 2.61. The van der Waals surface area contributed by atoms with Gasteiger partial charge in [-0.15, -0.1) is 0 Å². The summed E-state index contributed by atoms with van der Waals surface area (Å²) in [5.74, 6) is 0.235. The van der Waals surface area contributed by atoms with Gasteiger partial charge >= 0.3 is 5.97 Å². The van der Waals surface area contributed by atoms with E-state index in [-0.39, 0.29) is 0 Å². The fourth-order valence-electron chi connectivity index (χ4n) is 1.63. The Kier molecular flexibility index (Phi) is 3.47. The van der Waals surface area contributed by atoms with Gasteiger partial charge in [0.15, 0.2) is 11.5 Å². The van der Waals surface area contributed by atoms with E-state index in [9.17, 15) is 4.79 Å². The van der Waals surface area contributed by atoms with Crippen LogP contribution in [0.5, 0.6) is 0 Å². The number of aryl methyl sites for hydroxylation is 1. The molecule has 0 amide bonds. The number of halogens is 1. The van der Waals surface area contributed by atoms with Crippen LogP contribution < -0.4 is 0 Å². The lowest BCUT2D eigenvalue weighted by molar-refractivity contribution is 0.0602. The minimum Gasteiger partial charge on any atom is -0.465 e. The third kappa shape index (κ3) is 2.34. The lowest BCUT2D eigenvalue weighted by atomic mass is 10.2. The summed E-state index contributed by atoms with van der Waals surface area (Å²) in [5, 5.41) is 0. The number of hydrogen-bond donors (Lipinski definition) is 0. The maximum atomic E-state index is 11.6. The minimum absolute atomic E-state index is 0.410. The SMILES string of the molecule is CCCc1nc2c(C(=O)OC)cc(Br)cc2o1. The average molecular weight is 298 g/mol. The van der Waals surface area contributed by atoms with E-state index in [4.69, 9.17) is 9.15 Å². The molecule has 90 valence electrons. The molecule has 1 aromatic heterocycles. The van der Waals surface area contributed by atoms with Gasteiger partial charge in [-0.3, -0.25) is 0 Å². The Morgan fingerprint density at radius 1 is 1.53 bits per heavy atom. The molecule has 0 radical (unpaired) electrons. The number of carbonyl (C=O) groups is 1. The Labute approximate surface area is 107 Å². The Hall–Kier alpha value is -1.36. The van der Waals surface area contributed by atoms with Crippen molar-refractivity contribution in [3.8, 4) is 0 Å². The number of hydrogen-bond acceptors (Lipinski definition) is 4. The first-order valence-electron chi connectivity index (χ1n) is 5.33. The summed E-state index contributed by atoms with van der Waals surface area (Å²) in [7, 11) is 1.35. The summed E-state index contributed by atoms with van der Waals surface area (Å²) in [6, 6.07) is 3.49. The highest BCUT2D eigenvalue weighted by molar-refractivity contribution is 9.10. The molecule has 0 aliphatic heterocycles. The van der Waals surface area contributed by atoms with Gasteiger partial charge in [0.25, 0.3) is 0 Å². The predicted molar refractivity (Wildman–Crippen MR) is 67.0 cm³/mol. The van der Waals surface area contributed by atoms with Crippen molar-refractivity contribution < 1.29 is 13.9 Å². The number of aromatic nitrogens is 1. The van der Waals surface area contributed by atoms with Gasteiger partial charge in [-0.2, -0.15) is 0 Å². The van der Waals surface area contributed by atoms with Crippen LogP contribution in [0, 0.1) is 0 Å². The first-order valence-corrected chi connectivity index (χ1v) is 6.12.